The number of aromatic nitrogens is 4. The summed E-state index contributed by atoms with van der Waals surface area (Å²) in [5.74, 6) is 0.415. The Morgan fingerprint density at radius 1 is 1.19 bits per heavy atom. The van der Waals surface area contributed by atoms with Gasteiger partial charge in [0, 0.05) is 25.2 Å². The third-order valence-corrected chi connectivity index (χ3v) is 4.52. The summed E-state index contributed by atoms with van der Waals surface area (Å²) in [6, 6.07) is 6.74. The molecule has 3 rings (SSSR count). The molecule has 0 aliphatic heterocycles. The molecule has 0 spiro atoms. The maximum atomic E-state index is 12.9. The summed E-state index contributed by atoms with van der Waals surface area (Å²) in [6.45, 7) is 1.85. The van der Waals surface area contributed by atoms with E-state index in [9.17, 15) is 14.7 Å². The molecule has 0 aliphatic carbocycles. The number of nitrogens with zero attached hydrogens (tertiary/aromatic N) is 4. The molecule has 3 aromatic rings. The van der Waals surface area contributed by atoms with Crippen LogP contribution in [0.2, 0.25) is 5.02 Å². The maximum Gasteiger partial charge on any atom is 0.332 e. The van der Waals surface area contributed by atoms with E-state index in [1.165, 1.54) is 9.13 Å². The normalized spacial score (nSPS) is 12.5. The number of imidazole rings is 1. The Bertz CT molecular complexity index is 1070. The fourth-order valence-corrected chi connectivity index (χ4v) is 2.88. The minimum absolute atomic E-state index is 0.0804. The van der Waals surface area contributed by atoms with Crippen molar-refractivity contribution in [1.29, 1.82) is 0 Å². The van der Waals surface area contributed by atoms with Gasteiger partial charge in [-0.1, -0.05) is 23.7 Å². The number of aliphatic hydroxyl groups excluding tert-OH is 1. The number of nitrogens with one attached hydrogen (secondary N) is 1. The first-order chi connectivity index (χ1) is 12.3. The van der Waals surface area contributed by atoms with Crippen LogP contribution >= 0.6 is 11.6 Å². The second-order valence-corrected chi connectivity index (χ2v) is 6.69. The van der Waals surface area contributed by atoms with Crippen LogP contribution in [0, 0.1) is 0 Å². The van der Waals surface area contributed by atoms with E-state index in [2.05, 4.69) is 10.3 Å². The van der Waals surface area contributed by atoms with E-state index in [0.717, 1.165) is 5.56 Å². The molecule has 9 heteroatoms. The Hall–Kier alpha value is -2.58. The molecule has 0 saturated carbocycles. The summed E-state index contributed by atoms with van der Waals surface area (Å²) in [5.41, 5.74) is 0.536. The van der Waals surface area contributed by atoms with E-state index in [-0.39, 0.29) is 19.2 Å². The van der Waals surface area contributed by atoms with Crippen LogP contribution in [-0.4, -0.2) is 36.4 Å². The molecular weight excluding hydrogens is 358 g/mol. The van der Waals surface area contributed by atoms with Gasteiger partial charge in [-0.2, -0.15) is 4.98 Å². The lowest BCUT2D eigenvalue weighted by Crippen LogP contribution is -2.39. The van der Waals surface area contributed by atoms with Gasteiger partial charge in [-0.15, -0.1) is 0 Å². The van der Waals surface area contributed by atoms with Gasteiger partial charge in [0.1, 0.15) is 0 Å². The minimum atomic E-state index is -0.447. The Morgan fingerprint density at radius 3 is 2.46 bits per heavy atom. The van der Waals surface area contributed by atoms with Crippen molar-refractivity contribution in [1.82, 2.24) is 18.7 Å². The van der Waals surface area contributed by atoms with Gasteiger partial charge in [0.15, 0.2) is 11.2 Å². The van der Waals surface area contributed by atoms with Crippen molar-refractivity contribution in [3.05, 3.63) is 55.7 Å². The number of benzene rings is 1. The van der Waals surface area contributed by atoms with Crippen molar-refractivity contribution in [2.24, 2.45) is 14.1 Å². The number of rotatable bonds is 5. The first-order valence-electron chi connectivity index (χ1n) is 8.11. The van der Waals surface area contributed by atoms with Crippen LogP contribution in [0.15, 0.2) is 33.9 Å². The second-order valence-electron chi connectivity index (χ2n) is 6.25. The smallest absolute Gasteiger partial charge is 0.332 e. The van der Waals surface area contributed by atoms with Crippen LogP contribution in [0.5, 0.6) is 0 Å². The van der Waals surface area contributed by atoms with Gasteiger partial charge in [-0.25, -0.2) is 4.79 Å². The first kappa shape index (κ1) is 18.2. The zero-order chi connectivity index (χ0) is 19.0. The van der Waals surface area contributed by atoms with Crippen LogP contribution < -0.4 is 16.6 Å². The van der Waals surface area contributed by atoms with Crippen molar-refractivity contribution in [3.63, 3.8) is 0 Å². The molecular formula is C17H20ClN5O3. The Kier molecular flexibility index (Phi) is 4.88. The van der Waals surface area contributed by atoms with Crippen LogP contribution in [-0.2, 0) is 20.6 Å². The van der Waals surface area contributed by atoms with Gasteiger partial charge in [0.2, 0.25) is 5.95 Å². The predicted octanol–water partition coefficient (Wildman–Crippen LogP) is 0.928. The summed E-state index contributed by atoms with van der Waals surface area (Å²) in [6.07, 6.45) is 0. The molecule has 26 heavy (non-hydrogen) atoms. The fourth-order valence-electron chi connectivity index (χ4n) is 2.75. The van der Waals surface area contributed by atoms with Crippen LogP contribution in [0.25, 0.3) is 11.2 Å². The molecule has 2 aromatic heterocycles. The lowest BCUT2D eigenvalue weighted by atomic mass is 10.2. The molecule has 0 aliphatic rings. The van der Waals surface area contributed by atoms with Crippen molar-refractivity contribution in [2.45, 2.75) is 19.5 Å². The lowest BCUT2D eigenvalue weighted by molar-refractivity contribution is 0.281. The van der Waals surface area contributed by atoms with Crippen LogP contribution in [0.4, 0.5) is 5.95 Å². The van der Waals surface area contributed by atoms with Crippen LogP contribution in [0.1, 0.15) is 12.5 Å². The Labute approximate surface area is 154 Å². The molecule has 138 valence electrons. The molecule has 0 bridgehead atoms. The molecule has 1 atom stereocenters. The van der Waals surface area contributed by atoms with Gasteiger partial charge in [0.05, 0.1) is 13.2 Å². The molecule has 2 heterocycles. The van der Waals surface area contributed by atoms with Crippen molar-refractivity contribution in [2.75, 3.05) is 11.9 Å². The van der Waals surface area contributed by atoms with Crippen molar-refractivity contribution < 1.29 is 5.11 Å². The number of fused-ring (bicyclic) bond motifs is 1. The number of hydrogen-bond acceptors (Lipinski definition) is 5. The molecule has 0 saturated heterocycles. The minimum Gasteiger partial charge on any atom is -0.394 e. The van der Waals surface area contributed by atoms with E-state index < -0.39 is 11.2 Å². The highest BCUT2D eigenvalue weighted by molar-refractivity contribution is 6.30. The van der Waals surface area contributed by atoms with Gasteiger partial charge in [0.25, 0.3) is 5.56 Å². The molecule has 0 fully saturated rings. The second kappa shape index (κ2) is 6.97. The highest BCUT2D eigenvalue weighted by Gasteiger charge is 2.19. The molecule has 2 N–H and O–H groups in total. The third-order valence-electron chi connectivity index (χ3n) is 4.26. The molecule has 0 radical (unpaired) electrons. The summed E-state index contributed by atoms with van der Waals surface area (Å²) < 4.78 is 4.12. The highest BCUT2D eigenvalue weighted by atomic mass is 35.5. The van der Waals surface area contributed by atoms with E-state index in [0.29, 0.717) is 22.1 Å². The zero-order valence-electron chi connectivity index (χ0n) is 14.7. The highest BCUT2D eigenvalue weighted by Crippen LogP contribution is 2.15. The van der Waals surface area contributed by atoms with E-state index in [1.807, 2.05) is 0 Å². The van der Waals surface area contributed by atoms with Crippen LogP contribution in [0.3, 0.4) is 0 Å². The Morgan fingerprint density at radius 2 is 1.85 bits per heavy atom. The van der Waals surface area contributed by atoms with E-state index in [4.69, 9.17) is 11.6 Å². The monoisotopic (exact) mass is 377 g/mol. The fraction of sp³-hybridized carbons (Fsp3) is 0.353. The Balaban J connectivity index is 2.16. The lowest BCUT2D eigenvalue weighted by Gasteiger charge is -2.11. The summed E-state index contributed by atoms with van der Waals surface area (Å²) in [4.78, 5) is 30.0. The van der Waals surface area contributed by atoms with E-state index >= 15 is 0 Å². The maximum absolute atomic E-state index is 12.9. The largest absolute Gasteiger partial charge is 0.394 e. The van der Waals surface area contributed by atoms with E-state index in [1.54, 1.807) is 49.9 Å². The number of anilines is 1. The van der Waals surface area contributed by atoms with Gasteiger partial charge in [-0.3, -0.25) is 13.9 Å². The summed E-state index contributed by atoms with van der Waals surface area (Å²) in [7, 11) is 3.27. The quantitative estimate of drug-likeness (QED) is 0.689. The van der Waals surface area contributed by atoms with Crippen molar-refractivity contribution in [3.8, 4) is 0 Å². The zero-order valence-corrected chi connectivity index (χ0v) is 15.5. The molecule has 0 amide bonds. The first-order valence-corrected chi connectivity index (χ1v) is 8.49. The number of aliphatic hydroxyl groups is 1. The third kappa shape index (κ3) is 3.13. The summed E-state index contributed by atoms with van der Waals surface area (Å²) >= 11 is 5.89. The average Bonchev–Trinajstić information content (AvgIpc) is 2.95. The SMILES string of the molecule is C[C@H](CO)Nc1nc2c(c(=O)n(Cc3ccc(Cl)cc3)c(=O)n2C)n1C. The standard InChI is InChI=1S/C17H20ClN5O3/c1-10(9-24)19-16-20-14-13(21(16)2)15(25)23(17(26)22(14)3)8-11-4-6-12(18)7-5-11/h4-7,10,24H,8-9H2,1-3H3,(H,19,20)/t10-/m1/s1. The average molecular weight is 378 g/mol. The topological polar surface area (TPSA) is 94.1 Å². The number of aryl methyl sites for hydroxylation is 2. The van der Waals surface area contributed by atoms with Gasteiger partial charge in [-0.05, 0) is 24.6 Å². The van der Waals surface area contributed by atoms with Crippen molar-refractivity contribution >= 4 is 28.7 Å². The van der Waals surface area contributed by atoms with Gasteiger partial charge >= 0.3 is 5.69 Å². The molecule has 8 nitrogen and oxygen atoms in total. The number of halogens is 1. The molecule has 1 aromatic carbocycles. The summed E-state index contributed by atoms with van der Waals surface area (Å²) in [5, 5.41) is 12.8. The van der Waals surface area contributed by atoms with Gasteiger partial charge < -0.3 is 15.0 Å². The molecule has 0 unspecified atom stereocenters. The number of hydrogen-bond donors (Lipinski definition) is 2. The predicted molar refractivity (Wildman–Crippen MR) is 101 cm³/mol.